The zero-order chi connectivity index (χ0) is 11.5. The van der Waals surface area contributed by atoms with E-state index in [2.05, 4.69) is 28.9 Å². The van der Waals surface area contributed by atoms with Gasteiger partial charge < -0.3 is 5.32 Å². The molecule has 1 fully saturated rings. The molecule has 90 valence electrons. The Kier molecular flexibility index (Phi) is 3.87. The number of aromatic nitrogens is 2. The number of piperidine rings is 1. The maximum Gasteiger partial charge on any atom is 0.0818 e. The van der Waals surface area contributed by atoms with E-state index in [4.69, 9.17) is 11.6 Å². The van der Waals surface area contributed by atoms with E-state index in [0.29, 0.717) is 12.0 Å². The number of nitrogens with one attached hydrogen (secondary N) is 1. The van der Waals surface area contributed by atoms with E-state index in [0.717, 1.165) is 24.5 Å². The fourth-order valence-corrected chi connectivity index (χ4v) is 2.51. The van der Waals surface area contributed by atoms with Crippen molar-refractivity contribution < 1.29 is 0 Å². The van der Waals surface area contributed by atoms with Gasteiger partial charge in [-0.2, -0.15) is 5.10 Å². The summed E-state index contributed by atoms with van der Waals surface area (Å²) in [4.78, 5) is 0. The Morgan fingerprint density at radius 3 is 3.06 bits per heavy atom. The Morgan fingerprint density at radius 2 is 2.44 bits per heavy atom. The second-order valence-corrected chi connectivity index (χ2v) is 5.39. The monoisotopic (exact) mass is 241 g/mol. The van der Waals surface area contributed by atoms with Gasteiger partial charge in [-0.05, 0) is 31.7 Å². The van der Waals surface area contributed by atoms with Crippen LogP contribution in [-0.2, 0) is 6.42 Å². The second kappa shape index (κ2) is 5.19. The van der Waals surface area contributed by atoms with Gasteiger partial charge in [-0.1, -0.05) is 25.4 Å². The van der Waals surface area contributed by atoms with Gasteiger partial charge in [0.15, 0.2) is 0 Å². The van der Waals surface area contributed by atoms with Crippen LogP contribution in [0.5, 0.6) is 0 Å². The molecule has 0 bridgehead atoms. The van der Waals surface area contributed by atoms with Crippen LogP contribution in [0, 0.1) is 5.92 Å². The second-order valence-electron chi connectivity index (χ2n) is 4.98. The number of hydrogen-bond acceptors (Lipinski definition) is 2. The Morgan fingerprint density at radius 1 is 1.62 bits per heavy atom. The van der Waals surface area contributed by atoms with Crippen LogP contribution in [0.2, 0.25) is 5.02 Å². The van der Waals surface area contributed by atoms with Crippen LogP contribution in [0.15, 0.2) is 6.20 Å². The predicted molar refractivity (Wildman–Crippen MR) is 66.9 cm³/mol. The molecule has 1 atom stereocenters. The molecule has 1 aliphatic rings. The van der Waals surface area contributed by atoms with Gasteiger partial charge in [-0.15, -0.1) is 0 Å². The third-order valence-electron chi connectivity index (χ3n) is 3.07. The van der Waals surface area contributed by atoms with E-state index in [9.17, 15) is 0 Å². The fraction of sp³-hybridized carbons (Fsp3) is 0.750. The van der Waals surface area contributed by atoms with Gasteiger partial charge >= 0.3 is 0 Å². The van der Waals surface area contributed by atoms with Crippen LogP contribution >= 0.6 is 11.6 Å². The topological polar surface area (TPSA) is 29.9 Å². The standard InChI is InChI=1S/C12H20ClN3/c1-9(2)6-12-11(13)8-15-16(12)10-4-3-5-14-7-10/h8-10,14H,3-7H2,1-2H3. The molecule has 2 heterocycles. The van der Waals surface area contributed by atoms with Gasteiger partial charge in [-0.25, -0.2) is 0 Å². The smallest absolute Gasteiger partial charge is 0.0818 e. The molecule has 2 rings (SSSR count). The van der Waals surface area contributed by atoms with E-state index in [1.54, 1.807) is 6.20 Å². The molecule has 0 aromatic carbocycles. The molecule has 0 saturated carbocycles. The highest BCUT2D eigenvalue weighted by Gasteiger charge is 2.20. The SMILES string of the molecule is CC(C)Cc1c(Cl)cnn1C1CCCNC1. The van der Waals surface area contributed by atoms with Crippen molar-refractivity contribution in [2.45, 2.75) is 39.2 Å². The lowest BCUT2D eigenvalue weighted by molar-refractivity contribution is 0.336. The minimum atomic E-state index is 0.481. The third kappa shape index (κ3) is 2.58. The summed E-state index contributed by atoms with van der Waals surface area (Å²) in [5.74, 6) is 0.615. The summed E-state index contributed by atoms with van der Waals surface area (Å²) in [6.45, 7) is 6.58. The maximum absolute atomic E-state index is 6.20. The lowest BCUT2D eigenvalue weighted by Crippen LogP contribution is -2.33. The first-order valence-electron chi connectivity index (χ1n) is 6.11. The molecular weight excluding hydrogens is 222 g/mol. The molecule has 0 radical (unpaired) electrons. The predicted octanol–water partition coefficient (Wildman–Crippen LogP) is 2.66. The van der Waals surface area contributed by atoms with Crippen LogP contribution in [0.25, 0.3) is 0 Å². The number of halogens is 1. The van der Waals surface area contributed by atoms with Gasteiger partial charge in [0.25, 0.3) is 0 Å². The highest BCUT2D eigenvalue weighted by Crippen LogP contribution is 2.25. The molecule has 1 aromatic heterocycles. The lowest BCUT2D eigenvalue weighted by Gasteiger charge is -2.25. The molecule has 4 heteroatoms. The molecule has 1 N–H and O–H groups in total. The number of rotatable bonds is 3. The Bertz CT molecular complexity index is 340. The van der Waals surface area contributed by atoms with Crippen molar-refractivity contribution in [3.8, 4) is 0 Å². The van der Waals surface area contributed by atoms with E-state index in [-0.39, 0.29) is 0 Å². The zero-order valence-electron chi connectivity index (χ0n) is 10.0. The van der Waals surface area contributed by atoms with Crippen LogP contribution < -0.4 is 5.32 Å². The molecule has 1 aliphatic heterocycles. The fourth-order valence-electron chi connectivity index (χ4n) is 2.30. The van der Waals surface area contributed by atoms with Crippen molar-refractivity contribution in [1.29, 1.82) is 0 Å². The maximum atomic E-state index is 6.20. The van der Waals surface area contributed by atoms with Gasteiger partial charge in [-0.3, -0.25) is 4.68 Å². The molecule has 1 aromatic rings. The summed E-state index contributed by atoms with van der Waals surface area (Å²) in [5.41, 5.74) is 1.20. The van der Waals surface area contributed by atoms with Crippen molar-refractivity contribution in [3.05, 3.63) is 16.9 Å². The van der Waals surface area contributed by atoms with E-state index >= 15 is 0 Å². The summed E-state index contributed by atoms with van der Waals surface area (Å²) >= 11 is 6.20. The Balaban J connectivity index is 2.18. The summed E-state index contributed by atoms with van der Waals surface area (Å²) in [5, 5.41) is 8.68. The van der Waals surface area contributed by atoms with Crippen molar-refractivity contribution in [2.75, 3.05) is 13.1 Å². The number of hydrogen-bond donors (Lipinski definition) is 1. The van der Waals surface area contributed by atoms with Gasteiger partial charge in [0.05, 0.1) is 23.0 Å². The highest BCUT2D eigenvalue weighted by molar-refractivity contribution is 6.31. The first kappa shape index (κ1) is 11.9. The first-order chi connectivity index (χ1) is 7.68. The van der Waals surface area contributed by atoms with Crippen LogP contribution in [0.1, 0.15) is 38.4 Å². The minimum Gasteiger partial charge on any atom is -0.315 e. The number of nitrogens with zero attached hydrogens (tertiary/aromatic N) is 2. The minimum absolute atomic E-state index is 0.481. The average molecular weight is 242 g/mol. The quantitative estimate of drug-likeness (QED) is 0.882. The summed E-state index contributed by atoms with van der Waals surface area (Å²) in [7, 11) is 0. The first-order valence-corrected chi connectivity index (χ1v) is 6.49. The summed E-state index contributed by atoms with van der Waals surface area (Å²) in [6, 6.07) is 0.481. The summed E-state index contributed by atoms with van der Waals surface area (Å²) in [6.07, 6.45) is 5.22. The molecule has 0 aliphatic carbocycles. The zero-order valence-corrected chi connectivity index (χ0v) is 10.8. The summed E-state index contributed by atoms with van der Waals surface area (Å²) < 4.78 is 2.13. The molecular formula is C12H20ClN3. The van der Waals surface area contributed by atoms with Gasteiger partial charge in [0.1, 0.15) is 0 Å². The third-order valence-corrected chi connectivity index (χ3v) is 3.38. The van der Waals surface area contributed by atoms with Crippen molar-refractivity contribution in [3.63, 3.8) is 0 Å². The molecule has 1 unspecified atom stereocenters. The molecule has 0 amide bonds. The van der Waals surface area contributed by atoms with Crippen molar-refractivity contribution in [2.24, 2.45) is 5.92 Å². The van der Waals surface area contributed by atoms with Crippen molar-refractivity contribution in [1.82, 2.24) is 15.1 Å². The van der Waals surface area contributed by atoms with Gasteiger partial charge in [0.2, 0.25) is 0 Å². The van der Waals surface area contributed by atoms with Crippen LogP contribution in [0.4, 0.5) is 0 Å². The Hall–Kier alpha value is -0.540. The molecule has 3 nitrogen and oxygen atoms in total. The van der Waals surface area contributed by atoms with Crippen LogP contribution in [0.3, 0.4) is 0 Å². The average Bonchev–Trinajstić information content (AvgIpc) is 2.61. The Labute approximate surface area is 102 Å². The van der Waals surface area contributed by atoms with Crippen LogP contribution in [-0.4, -0.2) is 22.9 Å². The lowest BCUT2D eigenvalue weighted by atomic mass is 10.1. The van der Waals surface area contributed by atoms with E-state index < -0.39 is 0 Å². The molecule has 16 heavy (non-hydrogen) atoms. The normalized spacial score (nSPS) is 21.6. The highest BCUT2D eigenvalue weighted by atomic mass is 35.5. The van der Waals surface area contributed by atoms with Crippen molar-refractivity contribution >= 4 is 11.6 Å². The van der Waals surface area contributed by atoms with Gasteiger partial charge in [0, 0.05) is 6.54 Å². The largest absolute Gasteiger partial charge is 0.315 e. The molecule has 1 saturated heterocycles. The van der Waals surface area contributed by atoms with E-state index in [1.807, 2.05) is 0 Å². The molecule has 0 spiro atoms. The van der Waals surface area contributed by atoms with E-state index in [1.165, 1.54) is 18.5 Å².